The van der Waals surface area contributed by atoms with Gasteiger partial charge in [-0.25, -0.2) is 13.1 Å². The van der Waals surface area contributed by atoms with Crippen LogP contribution in [0.1, 0.15) is 44.5 Å². The number of benzene rings is 1. The lowest BCUT2D eigenvalue weighted by atomic mass is 9.93. The van der Waals surface area contributed by atoms with E-state index in [-0.39, 0.29) is 19.1 Å². The van der Waals surface area contributed by atoms with Gasteiger partial charge in [0.05, 0.1) is 11.9 Å². The maximum atomic E-state index is 12.3. The van der Waals surface area contributed by atoms with Crippen LogP contribution in [0.15, 0.2) is 30.3 Å². The van der Waals surface area contributed by atoms with Gasteiger partial charge in [0.2, 0.25) is 10.0 Å². The Morgan fingerprint density at radius 2 is 1.93 bits per heavy atom. The molecule has 0 aromatic heterocycles. The SMILES string of the molecule is CC(C)S(=O)(=O)NC[C@H]1OC[C@]2(CCNC(=O)c3ccccc3)OC(C)(C)O[C@H]12. The van der Waals surface area contributed by atoms with Crippen molar-refractivity contribution in [3.63, 3.8) is 0 Å². The zero-order valence-corrected chi connectivity index (χ0v) is 18.1. The molecule has 8 nitrogen and oxygen atoms in total. The molecule has 2 fully saturated rings. The third kappa shape index (κ3) is 4.97. The lowest BCUT2D eigenvalue weighted by molar-refractivity contribution is -0.190. The largest absolute Gasteiger partial charge is 0.371 e. The van der Waals surface area contributed by atoms with Crippen LogP contribution >= 0.6 is 0 Å². The summed E-state index contributed by atoms with van der Waals surface area (Å²) in [7, 11) is -3.41. The number of amides is 1. The molecule has 2 saturated heterocycles. The molecule has 9 heteroatoms. The van der Waals surface area contributed by atoms with Crippen LogP contribution in [0, 0.1) is 0 Å². The topological polar surface area (TPSA) is 103 Å². The molecule has 0 spiro atoms. The summed E-state index contributed by atoms with van der Waals surface area (Å²) in [6, 6.07) is 8.99. The molecule has 1 aromatic rings. The summed E-state index contributed by atoms with van der Waals surface area (Å²) in [5, 5.41) is 2.38. The van der Waals surface area contributed by atoms with Crippen molar-refractivity contribution in [1.82, 2.24) is 10.0 Å². The second kappa shape index (κ2) is 8.31. The van der Waals surface area contributed by atoms with Crippen molar-refractivity contribution < 1.29 is 27.4 Å². The highest BCUT2D eigenvalue weighted by molar-refractivity contribution is 7.90. The van der Waals surface area contributed by atoms with Crippen LogP contribution in [0.5, 0.6) is 0 Å². The quantitative estimate of drug-likeness (QED) is 0.652. The van der Waals surface area contributed by atoms with Gasteiger partial charge in [-0.3, -0.25) is 4.79 Å². The molecule has 0 radical (unpaired) electrons. The van der Waals surface area contributed by atoms with Gasteiger partial charge in [0.1, 0.15) is 17.8 Å². The van der Waals surface area contributed by atoms with E-state index < -0.39 is 38.9 Å². The maximum absolute atomic E-state index is 12.3. The van der Waals surface area contributed by atoms with E-state index >= 15 is 0 Å². The van der Waals surface area contributed by atoms with Gasteiger partial charge in [-0.15, -0.1) is 0 Å². The van der Waals surface area contributed by atoms with E-state index in [0.29, 0.717) is 18.5 Å². The first kappa shape index (κ1) is 22.2. The number of hydrogen-bond acceptors (Lipinski definition) is 6. The number of carbonyl (C=O) groups is 1. The Morgan fingerprint density at radius 3 is 2.59 bits per heavy atom. The summed E-state index contributed by atoms with van der Waals surface area (Å²) in [5.41, 5.74) is -0.143. The molecule has 2 aliphatic heterocycles. The minimum absolute atomic E-state index is 0.114. The fourth-order valence-electron chi connectivity index (χ4n) is 3.72. The molecule has 2 N–H and O–H groups in total. The maximum Gasteiger partial charge on any atom is 0.251 e. The van der Waals surface area contributed by atoms with Gasteiger partial charge in [0, 0.05) is 18.7 Å². The summed E-state index contributed by atoms with van der Waals surface area (Å²) in [6.45, 7) is 7.66. The van der Waals surface area contributed by atoms with Crippen LogP contribution in [-0.4, -0.2) is 62.9 Å². The first-order valence-corrected chi connectivity index (χ1v) is 11.4. The van der Waals surface area contributed by atoms with E-state index in [1.807, 2.05) is 32.0 Å². The molecule has 0 bridgehead atoms. The minimum Gasteiger partial charge on any atom is -0.371 e. The average molecular weight is 427 g/mol. The number of rotatable bonds is 8. The fourth-order valence-corrected chi connectivity index (χ4v) is 4.45. The van der Waals surface area contributed by atoms with Crippen molar-refractivity contribution in [2.45, 2.75) is 63.0 Å². The van der Waals surface area contributed by atoms with Crippen LogP contribution in [0.3, 0.4) is 0 Å². The lowest BCUT2D eigenvalue weighted by Gasteiger charge is -2.27. The monoisotopic (exact) mass is 426 g/mol. The van der Waals surface area contributed by atoms with E-state index in [1.54, 1.807) is 26.0 Å². The molecule has 1 aromatic carbocycles. The Kier molecular flexibility index (Phi) is 6.35. The van der Waals surface area contributed by atoms with E-state index in [2.05, 4.69) is 10.0 Å². The van der Waals surface area contributed by atoms with Crippen molar-refractivity contribution >= 4 is 15.9 Å². The Bertz CT molecular complexity index is 827. The van der Waals surface area contributed by atoms with Crippen LogP contribution < -0.4 is 10.0 Å². The first-order chi connectivity index (χ1) is 13.5. The predicted molar refractivity (Wildman–Crippen MR) is 108 cm³/mol. The summed E-state index contributed by atoms with van der Waals surface area (Å²) in [4.78, 5) is 12.3. The van der Waals surface area contributed by atoms with Gasteiger partial charge in [0.25, 0.3) is 5.91 Å². The van der Waals surface area contributed by atoms with Crippen LogP contribution in [0.25, 0.3) is 0 Å². The molecule has 3 atom stereocenters. The van der Waals surface area contributed by atoms with Gasteiger partial charge >= 0.3 is 0 Å². The van der Waals surface area contributed by atoms with Crippen molar-refractivity contribution in [3.05, 3.63) is 35.9 Å². The van der Waals surface area contributed by atoms with Gasteiger partial charge in [-0.05, 0) is 46.2 Å². The number of fused-ring (bicyclic) bond motifs is 1. The second-order valence-corrected chi connectivity index (χ2v) is 10.6. The summed E-state index contributed by atoms with van der Waals surface area (Å²) >= 11 is 0. The van der Waals surface area contributed by atoms with E-state index in [1.165, 1.54) is 0 Å². The number of sulfonamides is 1. The highest BCUT2D eigenvalue weighted by Crippen LogP contribution is 2.45. The molecule has 29 heavy (non-hydrogen) atoms. The molecule has 1 amide bonds. The zero-order valence-electron chi connectivity index (χ0n) is 17.3. The highest BCUT2D eigenvalue weighted by atomic mass is 32.2. The first-order valence-electron chi connectivity index (χ1n) is 9.86. The van der Waals surface area contributed by atoms with Crippen molar-refractivity contribution in [2.24, 2.45) is 0 Å². The normalized spacial score (nSPS) is 28.4. The van der Waals surface area contributed by atoms with Crippen molar-refractivity contribution in [2.75, 3.05) is 19.7 Å². The van der Waals surface area contributed by atoms with E-state index in [0.717, 1.165) is 0 Å². The zero-order chi connectivity index (χ0) is 21.3. The number of hydrogen-bond donors (Lipinski definition) is 2. The number of nitrogens with one attached hydrogen (secondary N) is 2. The molecule has 2 heterocycles. The number of carbonyl (C=O) groups excluding carboxylic acids is 1. The Balaban J connectivity index is 1.62. The van der Waals surface area contributed by atoms with Gasteiger partial charge < -0.3 is 19.5 Å². The Labute approximate surface area is 172 Å². The van der Waals surface area contributed by atoms with Crippen LogP contribution in [0.4, 0.5) is 0 Å². The van der Waals surface area contributed by atoms with Gasteiger partial charge in [-0.2, -0.15) is 0 Å². The third-order valence-electron chi connectivity index (χ3n) is 5.23. The molecule has 0 aliphatic carbocycles. The highest BCUT2D eigenvalue weighted by Gasteiger charge is 2.60. The Hall–Kier alpha value is -1.52. The molecule has 3 rings (SSSR count). The minimum atomic E-state index is -3.41. The molecule has 0 saturated carbocycles. The Morgan fingerprint density at radius 1 is 1.24 bits per heavy atom. The number of ether oxygens (including phenoxy) is 3. The summed E-state index contributed by atoms with van der Waals surface area (Å²) < 4.78 is 44.8. The summed E-state index contributed by atoms with van der Waals surface area (Å²) in [5.74, 6) is -0.968. The van der Waals surface area contributed by atoms with E-state index in [9.17, 15) is 13.2 Å². The molecular weight excluding hydrogens is 396 g/mol. The third-order valence-corrected chi connectivity index (χ3v) is 7.04. The predicted octanol–water partition coefficient (Wildman–Crippen LogP) is 1.42. The molecule has 0 unspecified atom stereocenters. The molecular formula is C20H30N2O6S. The second-order valence-electron chi connectivity index (χ2n) is 8.27. The molecule has 162 valence electrons. The van der Waals surface area contributed by atoms with Crippen LogP contribution in [-0.2, 0) is 24.2 Å². The van der Waals surface area contributed by atoms with Crippen molar-refractivity contribution in [3.8, 4) is 0 Å². The van der Waals surface area contributed by atoms with Gasteiger partial charge in [0.15, 0.2) is 5.79 Å². The van der Waals surface area contributed by atoms with E-state index in [4.69, 9.17) is 14.2 Å². The average Bonchev–Trinajstić information content (AvgIpc) is 3.10. The lowest BCUT2D eigenvalue weighted by Crippen LogP contribution is -2.47. The standard InChI is InChI=1S/C20H30N2O6S/c1-14(2)29(24,25)22-12-16-17-20(13-26-16,28-19(3,4)27-17)10-11-21-18(23)15-8-6-5-7-9-15/h5-9,14,16-17,22H,10-13H2,1-4H3,(H,21,23)/t16-,17-,20+/m1/s1. The summed E-state index contributed by atoms with van der Waals surface area (Å²) in [6.07, 6.45) is -0.399. The fraction of sp³-hybridized carbons (Fsp3) is 0.650. The van der Waals surface area contributed by atoms with Crippen molar-refractivity contribution in [1.29, 1.82) is 0 Å². The molecule has 2 aliphatic rings. The smallest absolute Gasteiger partial charge is 0.251 e. The van der Waals surface area contributed by atoms with Crippen LogP contribution in [0.2, 0.25) is 0 Å². The van der Waals surface area contributed by atoms with Gasteiger partial charge in [-0.1, -0.05) is 18.2 Å².